The van der Waals surface area contributed by atoms with Crippen LogP contribution in [-0.2, 0) is 0 Å². The smallest absolute Gasteiger partial charge is 0.00477 e. The Morgan fingerprint density at radius 1 is 1.00 bits per heavy atom. The van der Waals surface area contributed by atoms with Crippen molar-refractivity contribution >= 4 is 12.4 Å². The molecule has 0 saturated heterocycles. The molecule has 12 heavy (non-hydrogen) atoms. The summed E-state index contributed by atoms with van der Waals surface area (Å²) in [6, 6.07) is 0. The van der Waals surface area contributed by atoms with Crippen LogP contribution in [0.2, 0.25) is 0 Å². The maximum absolute atomic E-state index is 6.86. The Kier molecular flexibility index (Phi) is 7.97. The van der Waals surface area contributed by atoms with Crippen LogP contribution < -0.4 is 0 Å². The molecule has 0 saturated carbocycles. The molecule has 0 atom stereocenters. The molecule has 0 fully saturated rings. The second kappa shape index (κ2) is 8.44. The van der Waals surface area contributed by atoms with Gasteiger partial charge in [-0.25, -0.2) is 0 Å². The Balaban J connectivity index is 3.14. The molecule has 70 valence electrons. The minimum absolute atomic E-state index is 0.768. The topological polar surface area (TPSA) is 47.7 Å². The van der Waals surface area contributed by atoms with Crippen LogP contribution in [0.5, 0.6) is 0 Å². The molecule has 0 aliphatic rings. The van der Waals surface area contributed by atoms with E-state index < -0.39 is 0 Å². The summed E-state index contributed by atoms with van der Waals surface area (Å²) in [4.78, 5) is 0. The van der Waals surface area contributed by atoms with Crippen molar-refractivity contribution in [3.05, 3.63) is 0 Å². The second-order valence-electron chi connectivity index (χ2n) is 3.38. The summed E-state index contributed by atoms with van der Waals surface area (Å²) in [6.07, 6.45) is 9.59. The van der Waals surface area contributed by atoms with Gasteiger partial charge in [0.25, 0.3) is 0 Å². The Hall–Kier alpha value is -0.660. The van der Waals surface area contributed by atoms with Gasteiger partial charge in [0.05, 0.1) is 0 Å². The molecule has 0 amide bonds. The van der Waals surface area contributed by atoms with Gasteiger partial charge in [-0.1, -0.05) is 19.8 Å². The molecule has 0 spiro atoms. The first kappa shape index (κ1) is 11.3. The molecule has 0 aromatic rings. The van der Waals surface area contributed by atoms with E-state index in [1.54, 1.807) is 0 Å². The molecule has 0 unspecified atom stereocenters. The fourth-order valence-electron chi connectivity index (χ4n) is 1.28. The Morgan fingerprint density at radius 3 is 1.75 bits per heavy atom. The molecule has 0 rings (SSSR count). The van der Waals surface area contributed by atoms with E-state index >= 15 is 0 Å². The van der Waals surface area contributed by atoms with Gasteiger partial charge in [-0.2, -0.15) is 0 Å². The summed E-state index contributed by atoms with van der Waals surface area (Å²) in [7, 11) is 0. The molecule has 0 aliphatic carbocycles. The van der Waals surface area contributed by atoms with Gasteiger partial charge >= 0.3 is 0 Å². The Labute approximate surface area is 75.4 Å². The van der Waals surface area contributed by atoms with Crippen molar-refractivity contribution < 1.29 is 0 Å². The van der Waals surface area contributed by atoms with E-state index in [4.69, 9.17) is 10.8 Å². The molecule has 2 heteroatoms. The lowest BCUT2D eigenvalue weighted by atomic mass is 9.98. The SMILES string of the molecule is CC(CCCC=N)CCCC=N. The molecule has 0 heterocycles. The predicted molar refractivity (Wildman–Crippen MR) is 54.4 cm³/mol. The molecular weight excluding hydrogens is 148 g/mol. The van der Waals surface area contributed by atoms with Crippen LogP contribution in [0.1, 0.15) is 45.4 Å². The standard InChI is InChI=1S/C10H20N2/c1-10(6-2-4-8-11)7-3-5-9-12/h8-12H,2-7H2,1H3. The highest BCUT2D eigenvalue weighted by atomic mass is 14.3. The quantitative estimate of drug-likeness (QED) is 0.413. The molecule has 0 aliphatic heterocycles. The molecule has 2 nitrogen and oxygen atoms in total. The van der Waals surface area contributed by atoms with E-state index in [2.05, 4.69) is 6.92 Å². The van der Waals surface area contributed by atoms with Crippen LogP contribution in [0.25, 0.3) is 0 Å². The van der Waals surface area contributed by atoms with E-state index in [0.717, 1.165) is 31.6 Å². The van der Waals surface area contributed by atoms with Crippen LogP contribution in [-0.4, -0.2) is 12.4 Å². The van der Waals surface area contributed by atoms with Gasteiger partial charge in [-0.15, -0.1) is 0 Å². The van der Waals surface area contributed by atoms with Crippen molar-refractivity contribution in [2.45, 2.75) is 45.4 Å². The Morgan fingerprint density at radius 2 is 1.42 bits per heavy atom. The van der Waals surface area contributed by atoms with Gasteiger partial charge in [-0.3, -0.25) is 0 Å². The van der Waals surface area contributed by atoms with Gasteiger partial charge in [0.2, 0.25) is 0 Å². The summed E-state index contributed by atoms with van der Waals surface area (Å²) in [5.74, 6) is 0.768. The first-order valence-electron chi connectivity index (χ1n) is 4.79. The molecule has 0 aromatic heterocycles. The third-order valence-corrected chi connectivity index (χ3v) is 2.09. The third-order valence-electron chi connectivity index (χ3n) is 2.09. The van der Waals surface area contributed by atoms with Crippen LogP contribution in [0.15, 0.2) is 0 Å². The molecule has 0 radical (unpaired) electrons. The largest absolute Gasteiger partial charge is 0.313 e. The minimum Gasteiger partial charge on any atom is -0.313 e. The van der Waals surface area contributed by atoms with E-state index in [1.807, 2.05) is 0 Å². The highest BCUT2D eigenvalue weighted by Gasteiger charge is 1.99. The number of unbranched alkanes of at least 4 members (excludes halogenated alkanes) is 2. The summed E-state index contributed by atoms with van der Waals surface area (Å²) in [6.45, 7) is 2.26. The van der Waals surface area contributed by atoms with Crippen molar-refractivity contribution in [3.8, 4) is 0 Å². The zero-order valence-electron chi connectivity index (χ0n) is 7.97. The van der Waals surface area contributed by atoms with E-state index in [-0.39, 0.29) is 0 Å². The molecule has 0 bridgehead atoms. The third kappa shape index (κ3) is 7.45. The molecule has 2 N–H and O–H groups in total. The van der Waals surface area contributed by atoms with E-state index in [9.17, 15) is 0 Å². The first-order chi connectivity index (χ1) is 5.81. The average molecular weight is 168 g/mol. The Bertz CT molecular complexity index is 107. The van der Waals surface area contributed by atoms with Crippen LogP contribution in [0.3, 0.4) is 0 Å². The fourth-order valence-corrected chi connectivity index (χ4v) is 1.28. The van der Waals surface area contributed by atoms with Crippen molar-refractivity contribution in [2.75, 3.05) is 0 Å². The van der Waals surface area contributed by atoms with Gasteiger partial charge < -0.3 is 10.8 Å². The zero-order chi connectivity index (χ0) is 9.23. The lowest BCUT2D eigenvalue weighted by Gasteiger charge is -2.08. The summed E-state index contributed by atoms with van der Waals surface area (Å²) >= 11 is 0. The number of nitrogens with one attached hydrogen (secondary N) is 2. The second-order valence-corrected chi connectivity index (χ2v) is 3.38. The van der Waals surface area contributed by atoms with Crippen LogP contribution >= 0.6 is 0 Å². The van der Waals surface area contributed by atoms with Crippen molar-refractivity contribution in [2.24, 2.45) is 5.92 Å². The average Bonchev–Trinajstić information content (AvgIpc) is 2.06. The van der Waals surface area contributed by atoms with Crippen LogP contribution in [0.4, 0.5) is 0 Å². The lowest BCUT2D eigenvalue weighted by molar-refractivity contribution is 0.469. The van der Waals surface area contributed by atoms with Gasteiger partial charge in [0.15, 0.2) is 0 Å². The minimum atomic E-state index is 0.768. The van der Waals surface area contributed by atoms with Gasteiger partial charge in [0.1, 0.15) is 0 Å². The maximum atomic E-state index is 6.86. The normalized spacial score (nSPS) is 12.4. The number of hydrogen-bond donors (Lipinski definition) is 2. The highest BCUT2D eigenvalue weighted by Crippen LogP contribution is 2.13. The van der Waals surface area contributed by atoms with Crippen LogP contribution in [0, 0.1) is 16.7 Å². The fraction of sp³-hybridized carbons (Fsp3) is 0.800. The summed E-state index contributed by atoms with van der Waals surface area (Å²) < 4.78 is 0. The van der Waals surface area contributed by atoms with Gasteiger partial charge in [-0.05, 0) is 44.0 Å². The first-order valence-corrected chi connectivity index (χ1v) is 4.79. The van der Waals surface area contributed by atoms with Crippen molar-refractivity contribution in [1.82, 2.24) is 0 Å². The number of hydrogen-bond acceptors (Lipinski definition) is 2. The molecular formula is C10H20N2. The van der Waals surface area contributed by atoms with Crippen molar-refractivity contribution in [3.63, 3.8) is 0 Å². The zero-order valence-corrected chi connectivity index (χ0v) is 7.97. The van der Waals surface area contributed by atoms with Crippen molar-refractivity contribution in [1.29, 1.82) is 10.8 Å². The van der Waals surface area contributed by atoms with E-state index in [0.29, 0.717) is 0 Å². The monoisotopic (exact) mass is 168 g/mol. The highest BCUT2D eigenvalue weighted by molar-refractivity contribution is 5.52. The predicted octanol–water partition coefficient (Wildman–Crippen LogP) is 3.26. The molecule has 0 aromatic carbocycles. The van der Waals surface area contributed by atoms with E-state index in [1.165, 1.54) is 25.3 Å². The number of rotatable bonds is 8. The van der Waals surface area contributed by atoms with Gasteiger partial charge in [0, 0.05) is 0 Å². The summed E-state index contributed by atoms with van der Waals surface area (Å²) in [5.41, 5.74) is 0. The lowest BCUT2D eigenvalue weighted by Crippen LogP contribution is -1.95. The summed E-state index contributed by atoms with van der Waals surface area (Å²) in [5, 5.41) is 13.7. The maximum Gasteiger partial charge on any atom is -0.00477 e.